The lowest BCUT2D eigenvalue weighted by Gasteiger charge is -2.32. The molecule has 0 bridgehead atoms. The average molecular weight is 456 g/mol. The molecular weight excluding hydrogens is 430 g/mol. The SMILES string of the molecule is O=c1ccc2ncc(Cl)cc2n1CCN1CCC(NCc2cc3c(cn2)OCCO3)CC1. The predicted molar refractivity (Wildman–Crippen MR) is 123 cm³/mol. The van der Waals surface area contributed by atoms with E-state index in [4.69, 9.17) is 21.1 Å². The lowest BCUT2D eigenvalue weighted by molar-refractivity contribution is 0.170. The first-order chi connectivity index (χ1) is 15.7. The van der Waals surface area contributed by atoms with Crippen molar-refractivity contribution in [3.63, 3.8) is 0 Å². The van der Waals surface area contributed by atoms with E-state index >= 15 is 0 Å². The standard InChI is InChI=1S/C23H26ClN5O3/c24-16-11-20-19(27-13-16)1-2-23(30)29(20)8-7-28-5-3-17(4-6-28)25-14-18-12-21-22(15-26-18)32-10-9-31-21/h1-2,11-13,15,17,25H,3-10,14H2. The molecule has 0 aliphatic carbocycles. The van der Waals surface area contributed by atoms with Crippen LogP contribution in [0.4, 0.5) is 0 Å². The molecule has 8 nitrogen and oxygen atoms in total. The lowest BCUT2D eigenvalue weighted by Crippen LogP contribution is -2.43. The Morgan fingerprint density at radius 1 is 1.03 bits per heavy atom. The molecule has 0 amide bonds. The summed E-state index contributed by atoms with van der Waals surface area (Å²) < 4.78 is 12.9. The molecule has 0 aromatic carbocycles. The predicted octanol–water partition coefficient (Wildman–Crippen LogP) is 2.47. The molecule has 0 atom stereocenters. The van der Waals surface area contributed by atoms with E-state index in [0.717, 1.165) is 60.7 Å². The highest BCUT2D eigenvalue weighted by Crippen LogP contribution is 2.29. The van der Waals surface area contributed by atoms with Gasteiger partial charge in [-0.05, 0) is 38.1 Å². The Morgan fingerprint density at radius 3 is 2.69 bits per heavy atom. The van der Waals surface area contributed by atoms with Gasteiger partial charge in [-0.15, -0.1) is 0 Å². The minimum absolute atomic E-state index is 0.0231. The quantitative estimate of drug-likeness (QED) is 0.611. The van der Waals surface area contributed by atoms with Crippen LogP contribution < -0.4 is 20.3 Å². The Labute approximate surface area is 191 Å². The minimum atomic E-state index is -0.0231. The van der Waals surface area contributed by atoms with Crippen LogP contribution in [0.15, 0.2) is 41.5 Å². The molecule has 2 aliphatic rings. The van der Waals surface area contributed by atoms with Crippen LogP contribution in [0.25, 0.3) is 11.0 Å². The third-order valence-corrected chi connectivity index (χ3v) is 6.30. The Morgan fingerprint density at radius 2 is 1.84 bits per heavy atom. The van der Waals surface area contributed by atoms with Crippen molar-refractivity contribution in [3.8, 4) is 11.5 Å². The smallest absolute Gasteiger partial charge is 0.251 e. The van der Waals surface area contributed by atoms with Crippen LogP contribution in [0.3, 0.4) is 0 Å². The van der Waals surface area contributed by atoms with Gasteiger partial charge in [0.05, 0.1) is 27.9 Å². The van der Waals surface area contributed by atoms with E-state index < -0.39 is 0 Å². The Hall–Kier alpha value is -2.68. The Balaban J connectivity index is 1.13. The maximum absolute atomic E-state index is 12.4. The van der Waals surface area contributed by atoms with Crippen LogP contribution in [0, 0.1) is 0 Å². The van der Waals surface area contributed by atoms with Crippen molar-refractivity contribution in [1.29, 1.82) is 0 Å². The molecule has 1 N–H and O–H groups in total. The van der Waals surface area contributed by atoms with Gasteiger partial charge >= 0.3 is 0 Å². The number of ether oxygens (including phenoxy) is 2. The van der Waals surface area contributed by atoms with Crippen LogP contribution >= 0.6 is 11.6 Å². The summed E-state index contributed by atoms with van der Waals surface area (Å²) in [6.07, 6.45) is 5.47. The van der Waals surface area contributed by atoms with E-state index in [-0.39, 0.29) is 5.56 Å². The molecule has 5 heterocycles. The number of fused-ring (bicyclic) bond motifs is 2. The summed E-state index contributed by atoms with van der Waals surface area (Å²) >= 11 is 6.10. The van der Waals surface area contributed by atoms with Crippen molar-refractivity contribution >= 4 is 22.6 Å². The summed E-state index contributed by atoms with van der Waals surface area (Å²) in [5.74, 6) is 1.50. The average Bonchev–Trinajstić information content (AvgIpc) is 2.82. The zero-order valence-corrected chi connectivity index (χ0v) is 18.6. The van der Waals surface area contributed by atoms with E-state index in [0.29, 0.717) is 37.4 Å². The van der Waals surface area contributed by atoms with E-state index in [1.54, 1.807) is 29.1 Å². The summed E-state index contributed by atoms with van der Waals surface area (Å²) in [5.41, 5.74) is 2.50. The molecule has 3 aromatic heterocycles. The summed E-state index contributed by atoms with van der Waals surface area (Å²) in [5, 5.41) is 4.15. The molecule has 0 spiro atoms. The van der Waals surface area contributed by atoms with Gasteiger partial charge in [0.1, 0.15) is 13.2 Å². The summed E-state index contributed by atoms with van der Waals surface area (Å²) in [7, 11) is 0. The van der Waals surface area contributed by atoms with Crippen LogP contribution in [0.1, 0.15) is 18.5 Å². The molecule has 32 heavy (non-hydrogen) atoms. The third-order valence-electron chi connectivity index (χ3n) is 6.09. The summed E-state index contributed by atoms with van der Waals surface area (Å²) in [6, 6.07) is 7.54. The van der Waals surface area contributed by atoms with Gasteiger partial charge < -0.3 is 24.3 Å². The van der Waals surface area contributed by atoms with Crippen molar-refractivity contribution in [2.24, 2.45) is 0 Å². The van der Waals surface area contributed by atoms with Gasteiger partial charge in [-0.25, -0.2) is 0 Å². The van der Waals surface area contributed by atoms with Crippen LogP contribution in [0.2, 0.25) is 5.02 Å². The number of piperidine rings is 1. The van der Waals surface area contributed by atoms with Crippen molar-refractivity contribution in [2.45, 2.75) is 32.0 Å². The lowest BCUT2D eigenvalue weighted by atomic mass is 10.0. The number of halogens is 1. The van der Waals surface area contributed by atoms with Crippen molar-refractivity contribution in [2.75, 3.05) is 32.8 Å². The molecule has 168 valence electrons. The fourth-order valence-corrected chi connectivity index (χ4v) is 4.46. The fraction of sp³-hybridized carbons (Fsp3) is 0.435. The van der Waals surface area contributed by atoms with Gasteiger partial charge in [-0.1, -0.05) is 11.6 Å². The number of aromatic nitrogens is 3. The molecule has 1 saturated heterocycles. The van der Waals surface area contributed by atoms with Crippen molar-refractivity contribution in [3.05, 3.63) is 57.7 Å². The zero-order chi connectivity index (χ0) is 21.9. The Bertz CT molecular complexity index is 1160. The first-order valence-corrected chi connectivity index (χ1v) is 11.4. The van der Waals surface area contributed by atoms with Gasteiger partial charge in [0.2, 0.25) is 0 Å². The highest BCUT2D eigenvalue weighted by Gasteiger charge is 2.20. The number of pyridine rings is 3. The summed E-state index contributed by atoms with van der Waals surface area (Å²) in [4.78, 5) is 23.6. The first-order valence-electron chi connectivity index (χ1n) is 11.0. The van der Waals surface area contributed by atoms with Crippen molar-refractivity contribution in [1.82, 2.24) is 24.8 Å². The second-order valence-corrected chi connectivity index (χ2v) is 8.63. The second-order valence-electron chi connectivity index (χ2n) is 8.20. The van der Waals surface area contributed by atoms with Crippen molar-refractivity contribution < 1.29 is 9.47 Å². The van der Waals surface area contributed by atoms with Crippen LogP contribution in [-0.2, 0) is 13.1 Å². The van der Waals surface area contributed by atoms with Gasteiger partial charge in [0, 0.05) is 44.0 Å². The highest BCUT2D eigenvalue weighted by molar-refractivity contribution is 6.31. The minimum Gasteiger partial charge on any atom is -0.486 e. The molecule has 5 rings (SSSR count). The molecule has 9 heteroatoms. The zero-order valence-electron chi connectivity index (χ0n) is 17.8. The normalized spacial score (nSPS) is 17.0. The molecule has 2 aliphatic heterocycles. The first kappa shape index (κ1) is 21.2. The number of hydrogen-bond acceptors (Lipinski definition) is 7. The van der Waals surface area contributed by atoms with E-state index in [9.17, 15) is 4.79 Å². The molecule has 0 radical (unpaired) electrons. The molecule has 1 fully saturated rings. The largest absolute Gasteiger partial charge is 0.486 e. The maximum atomic E-state index is 12.4. The van der Waals surface area contributed by atoms with Crippen LogP contribution in [0.5, 0.6) is 11.5 Å². The van der Waals surface area contributed by atoms with Gasteiger partial charge in [0.25, 0.3) is 5.56 Å². The van der Waals surface area contributed by atoms with E-state index in [1.165, 1.54) is 0 Å². The summed E-state index contributed by atoms with van der Waals surface area (Å²) in [6.45, 7) is 5.29. The van der Waals surface area contributed by atoms with Gasteiger partial charge in [0.15, 0.2) is 11.5 Å². The number of hydrogen-bond donors (Lipinski definition) is 1. The molecule has 0 unspecified atom stereocenters. The fourth-order valence-electron chi connectivity index (χ4n) is 4.31. The highest BCUT2D eigenvalue weighted by atomic mass is 35.5. The van der Waals surface area contributed by atoms with E-state index in [2.05, 4.69) is 20.2 Å². The Kier molecular flexibility index (Phi) is 6.25. The monoisotopic (exact) mass is 455 g/mol. The van der Waals surface area contributed by atoms with Crippen LogP contribution in [-0.4, -0.2) is 58.3 Å². The third kappa shape index (κ3) is 4.72. The maximum Gasteiger partial charge on any atom is 0.251 e. The molecular formula is C23H26ClN5O3. The topological polar surface area (TPSA) is 81.5 Å². The number of nitrogens with zero attached hydrogens (tertiary/aromatic N) is 4. The number of likely N-dealkylation sites (tertiary alicyclic amines) is 1. The van der Waals surface area contributed by atoms with E-state index in [1.807, 2.05) is 12.1 Å². The molecule has 3 aromatic rings. The van der Waals surface area contributed by atoms with Gasteiger partial charge in [-0.2, -0.15) is 0 Å². The number of nitrogens with one attached hydrogen (secondary N) is 1. The molecule has 0 saturated carbocycles. The number of rotatable bonds is 6. The second kappa shape index (κ2) is 9.44. The van der Waals surface area contributed by atoms with Gasteiger partial charge in [-0.3, -0.25) is 14.8 Å².